The molecule has 1 aliphatic rings. The number of esters is 1. The van der Waals surface area contributed by atoms with Crippen LogP contribution < -0.4 is 11.2 Å². The molecule has 192 valence electrons. The molecule has 1 aromatic rings. The predicted molar refractivity (Wildman–Crippen MR) is 106 cm³/mol. The molecule has 34 heavy (non-hydrogen) atoms. The Labute approximate surface area is 190 Å². The molecule has 0 unspecified atom stereocenters. The lowest BCUT2D eigenvalue weighted by Crippen LogP contribution is -2.46. The maximum Gasteiger partial charge on any atom is 0.471 e. The SMILES string of the molecule is CO[C@@H]1[C@H](O)[C@@H](CO)O[C@H]1n1cc(CN(CC(=O)OC(C)(C)C)C(=O)C(F)(F)F)c(=O)[nH]c1=O. The maximum absolute atomic E-state index is 13.1. The number of nitrogens with one attached hydrogen (secondary N) is 1. The fourth-order valence-electron chi connectivity index (χ4n) is 3.29. The van der Waals surface area contributed by atoms with Gasteiger partial charge in [0.2, 0.25) is 0 Å². The smallest absolute Gasteiger partial charge is 0.459 e. The third kappa shape index (κ3) is 6.43. The first-order valence-electron chi connectivity index (χ1n) is 9.98. The third-order valence-electron chi connectivity index (χ3n) is 4.71. The number of hydrogen-bond donors (Lipinski definition) is 3. The van der Waals surface area contributed by atoms with Gasteiger partial charge in [-0.15, -0.1) is 0 Å². The van der Waals surface area contributed by atoms with Crippen LogP contribution in [0.25, 0.3) is 0 Å². The molecule has 0 spiro atoms. The minimum absolute atomic E-state index is 0.0577. The van der Waals surface area contributed by atoms with Crippen molar-refractivity contribution in [1.29, 1.82) is 0 Å². The van der Waals surface area contributed by atoms with Crippen LogP contribution in [-0.4, -0.2) is 86.9 Å². The largest absolute Gasteiger partial charge is 0.471 e. The van der Waals surface area contributed by atoms with E-state index in [9.17, 15) is 42.6 Å². The molecule has 0 bridgehead atoms. The number of aliphatic hydroxyl groups excluding tert-OH is 2. The highest BCUT2D eigenvalue weighted by Crippen LogP contribution is 2.30. The molecular formula is C19H26F3N3O9. The number of aromatic amines is 1. The Morgan fingerprint density at radius 3 is 2.38 bits per heavy atom. The molecule has 0 radical (unpaired) electrons. The van der Waals surface area contributed by atoms with Gasteiger partial charge < -0.3 is 29.3 Å². The minimum Gasteiger partial charge on any atom is -0.459 e. The summed E-state index contributed by atoms with van der Waals surface area (Å²) in [5, 5.41) is 19.5. The Morgan fingerprint density at radius 2 is 1.88 bits per heavy atom. The molecule has 4 atom stereocenters. The lowest BCUT2D eigenvalue weighted by atomic mass is 10.1. The van der Waals surface area contributed by atoms with Gasteiger partial charge >= 0.3 is 23.7 Å². The fraction of sp³-hybridized carbons (Fsp3) is 0.684. The van der Waals surface area contributed by atoms with E-state index >= 15 is 0 Å². The quantitative estimate of drug-likeness (QED) is 0.403. The van der Waals surface area contributed by atoms with Crippen LogP contribution in [0.3, 0.4) is 0 Å². The van der Waals surface area contributed by atoms with Gasteiger partial charge in [0.1, 0.15) is 30.5 Å². The first-order chi connectivity index (χ1) is 15.6. The van der Waals surface area contributed by atoms with Crippen molar-refractivity contribution in [2.75, 3.05) is 20.3 Å². The average molecular weight is 497 g/mol. The van der Waals surface area contributed by atoms with Crippen LogP contribution in [0.2, 0.25) is 0 Å². The van der Waals surface area contributed by atoms with Gasteiger partial charge in [-0.05, 0) is 20.8 Å². The second-order valence-electron chi connectivity index (χ2n) is 8.50. The number of H-pyrrole nitrogens is 1. The summed E-state index contributed by atoms with van der Waals surface area (Å²) in [7, 11) is 1.19. The van der Waals surface area contributed by atoms with E-state index in [-0.39, 0.29) is 4.90 Å². The number of carbonyl (C=O) groups is 2. The molecule has 15 heteroatoms. The van der Waals surface area contributed by atoms with Crippen LogP contribution in [-0.2, 0) is 30.3 Å². The number of carbonyl (C=O) groups excluding carboxylic acids is 2. The van der Waals surface area contributed by atoms with E-state index in [1.54, 1.807) is 0 Å². The van der Waals surface area contributed by atoms with Crippen molar-refractivity contribution < 1.29 is 47.2 Å². The van der Waals surface area contributed by atoms with E-state index in [0.717, 1.165) is 10.8 Å². The molecule has 0 saturated carbocycles. The minimum atomic E-state index is -5.36. The van der Waals surface area contributed by atoms with Gasteiger partial charge in [-0.25, -0.2) is 4.79 Å². The van der Waals surface area contributed by atoms with Crippen LogP contribution in [0.1, 0.15) is 32.6 Å². The number of ether oxygens (including phenoxy) is 3. The Hall–Kier alpha value is -2.75. The van der Waals surface area contributed by atoms with Gasteiger partial charge in [0.25, 0.3) is 5.56 Å². The second-order valence-corrected chi connectivity index (χ2v) is 8.50. The normalized spacial score (nSPS) is 23.1. The van der Waals surface area contributed by atoms with E-state index in [0.29, 0.717) is 0 Å². The van der Waals surface area contributed by atoms with Crippen molar-refractivity contribution in [1.82, 2.24) is 14.5 Å². The van der Waals surface area contributed by atoms with E-state index in [1.165, 1.54) is 27.9 Å². The summed E-state index contributed by atoms with van der Waals surface area (Å²) in [6.45, 7) is 1.66. The van der Waals surface area contributed by atoms with Gasteiger partial charge in [-0.2, -0.15) is 13.2 Å². The summed E-state index contributed by atoms with van der Waals surface area (Å²) in [5.74, 6) is -3.56. The van der Waals surface area contributed by atoms with Gasteiger partial charge in [0.05, 0.1) is 18.7 Å². The highest BCUT2D eigenvalue weighted by atomic mass is 19.4. The number of rotatable bonds is 7. The van der Waals surface area contributed by atoms with E-state index in [4.69, 9.17) is 14.2 Å². The summed E-state index contributed by atoms with van der Waals surface area (Å²) in [6, 6.07) is 0. The number of nitrogens with zero attached hydrogens (tertiary/aromatic N) is 2. The molecule has 0 aromatic carbocycles. The highest BCUT2D eigenvalue weighted by Gasteiger charge is 2.46. The van der Waals surface area contributed by atoms with Crippen molar-refractivity contribution in [3.05, 3.63) is 32.6 Å². The monoisotopic (exact) mass is 497 g/mol. The fourth-order valence-corrected chi connectivity index (χ4v) is 3.29. The zero-order chi connectivity index (χ0) is 26.0. The van der Waals surface area contributed by atoms with Crippen LogP contribution in [0.5, 0.6) is 0 Å². The molecule has 1 aromatic heterocycles. The van der Waals surface area contributed by atoms with Crippen molar-refractivity contribution in [2.45, 2.75) is 63.6 Å². The Morgan fingerprint density at radius 1 is 1.26 bits per heavy atom. The molecule has 1 aliphatic heterocycles. The molecule has 1 fully saturated rings. The lowest BCUT2D eigenvalue weighted by Gasteiger charge is -2.26. The molecule has 1 saturated heterocycles. The van der Waals surface area contributed by atoms with Gasteiger partial charge in [-0.1, -0.05) is 0 Å². The van der Waals surface area contributed by atoms with Crippen LogP contribution in [0.4, 0.5) is 13.2 Å². The third-order valence-corrected chi connectivity index (χ3v) is 4.71. The molecule has 0 aliphatic carbocycles. The number of amides is 1. The number of alkyl halides is 3. The van der Waals surface area contributed by atoms with Gasteiger partial charge in [-0.3, -0.25) is 23.9 Å². The van der Waals surface area contributed by atoms with E-state index in [2.05, 4.69) is 0 Å². The summed E-state index contributed by atoms with van der Waals surface area (Å²) in [4.78, 5) is 50.6. The number of hydrogen-bond acceptors (Lipinski definition) is 9. The molecule has 3 N–H and O–H groups in total. The molecule has 1 amide bonds. The number of aromatic nitrogens is 2. The number of halogens is 3. The van der Waals surface area contributed by atoms with Gasteiger partial charge in [0.15, 0.2) is 6.23 Å². The van der Waals surface area contributed by atoms with Crippen LogP contribution in [0.15, 0.2) is 15.8 Å². The van der Waals surface area contributed by atoms with E-state index in [1.807, 2.05) is 4.98 Å². The number of methoxy groups -OCH3 is 1. The van der Waals surface area contributed by atoms with Crippen molar-refractivity contribution in [3.8, 4) is 0 Å². The topological polar surface area (TPSA) is 160 Å². The summed E-state index contributed by atoms with van der Waals surface area (Å²) >= 11 is 0. The zero-order valence-electron chi connectivity index (χ0n) is 18.8. The van der Waals surface area contributed by atoms with Crippen molar-refractivity contribution in [2.24, 2.45) is 0 Å². The number of aliphatic hydroxyl groups is 2. The lowest BCUT2D eigenvalue weighted by molar-refractivity contribution is -0.188. The summed E-state index contributed by atoms with van der Waals surface area (Å²) in [6.07, 6.45) is -9.58. The van der Waals surface area contributed by atoms with Crippen LogP contribution in [0, 0.1) is 0 Å². The Balaban J connectivity index is 2.44. The van der Waals surface area contributed by atoms with Crippen molar-refractivity contribution >= 4 is 11.9 Å². The van der Waals surface area contributed by atoms with Crippen LogP contribution >= 0.6 is 0 Å². The van der Waals surface area contributed by atoms with Gasteiger partial charge in [0, 0.05) is 13.3 Å². The summed E-state index contributed by atoms with van der Waals surface area (Å²) in [5.41, 5.74) is -3.71. The first kappa shape index (κ1) is 27.5. The second kappa shape index (κ2) is 10.2. The summed E-state index contributed by atoms with van der Waals surface area (Å²) < 4.78 is 55.6. The standard InChI is InChI=1S/C19H26F3N3O9/c1-18(2,3)34-11(27)7-24(16(30)19(20,21)22)5-9-6-25(17(31)23-14(9)29)15-13(32-4)12(28)10(8-26)33-15/h6,10,12-13,15,26,28H,5,7-8H2,1-4H3,(H,23,29,31)/t10-,12-,13-,15-/m1/s1. The Bertz CT molecular complexity index is 1020. The molecular weight excluding hydrogens is 471 g/mol. The molecule has 12 nitrogen and oxygen atoms in total. The predicted octanol–water partition coefficient (Wildman–Crippen LogP) is -0.965. The first-order valence-corrected chi connectivity index (χ1v) is 9.98. The highest BCUT2D eigenvalue weighted by molar-refractivity contribution is 5.85. The zero-order valence-corrected chi connectivity index (χ0v) is 18.8. The van der Waals surface area contributed by atoms with E-state index < -0.39 is 84.7 Å². The maximum atomic E-state index is 13.1. The average Bonchev–Trinajstić information content (AvgIpc) is 3.01. The molecule has 2 rings (SSSR count). The Kier molecular flexibility index (Phi) is 8.29. The van der Waals surface area contributed by atoms with Crippen molar-refractivity contribution in [3.63, 3.8) is 0 Å². The molecule has 2 heterocycles.